The van der Waals surface area contributed by atoms with Crippen molar-refractivity contribution in [2.75, 3.05) is 5.73 Å². The number of hydrogen-bond donors (Lipinski definition) is 1. The van der Waals surface area contributed by atoms with E-state index in [-0.39, 0.29) is 11.5 Å². The smallest absolute Gasteiger partial charge is 0.354 e. The molecule has 0 radical (unpaired) electrons. The van der Waals surface area contributed by atoms with E-state index in [4.69, 9.17) is 5.73 Å². The summed E-state index contributed by atoms with van der Waals surface area (Å²) in [6.07, 6.45) is 6.28. The molecule has 0 aromatic carbocycles. The maximum absolute atomic E-state index is 11.8. The van der Waals surface area contributed by atoms with Gasteiger partial charge in [0.25, 0.3) is 0 Å². The second-order valence-electron chi connectivity index (χ2n) is 4.02. The van der Waals surface area contributed by atoms with Crippen molar-refractivity contribution in [2.24, 2.45) is 0 Å². The van der Waals surface area contributed by atoms with Crippen molar-refractivity contribution >= 4 is 11.5 Å². The van der Waals surface area contributed by atoms with Crippen LogP contribution in [0.5, 0.6) is 0 Å². The molecule has 0 saturated heterocycles. The minimum atomic E-state index is -0.389. The predicted molar refractivity (Wildman–Crippen MR) is 76.0 cm³/mol. The molecule has 4 heteroatoms. The van der Waals surface area contributed by atoms with Crippen LogP contribution in [0, 0.1) is 0 Å². The van der Waals surface area contributed by atoms with E-state index in [1.54, 1.807) is 12.3 Å². The Bertz CT molecular complexity index is 565. The van der Waals surface area contributed by atoms with Crippen LogP contribution in [0.2, 0.25) is 0 Å². The van der Waals surface area contributed by atoms with Gasteiger partial charge in [0.1, 0.15) is 5.82 Å². The monoisotopic (exact) mass is 245 g/mol. The summed E-state index contributed by atoms with van der Waals surface area (Å²) in [5.74, 6) is 0.223. The van der Waals surface area contributed by atoms with Gasteiger partial charge in [0.15, 0.2) is 0 Å². The fraction of sp³-hybridized carbons (Fsp3) is 0.286. The zero-order valence-corrected chi connectivity index (χ0v) is 11.1. The molecule has 0 amide bonds. The lowest BCUT2D eigenvalue weighted by Crippen LogP contribution is -2.23. The molecule has 0 bridgehead atoms. The topological polar surface area (TPSA) is 60.9 Å². The molecule has 0 aliphatic rings. The van der Waals surface area contributed by atoms with Crippen molar-refractivity contribution in [2.45, 2.75) is 27.2 Å². The maximum Gasteiger partial charge on any atom is 0.354 e. The first kappa shape index (κ1) is 14.0. The molecule has 1 aromatic heterocycles. The van der Waals surface area contributed by atoms with Crippen molar-refractivity contribution in [3.05, 3.63) is 52.6 Å². The molecule has 4 nitrogen and oxygen atoms in total. The number of nitrogens with zero attached hydrogens (tertiary/aromatic N) is 2. The molecule has 1 aromatic rings. The van der Waals surface area contributed by atoms with Gasteiger partial charge < -0.3 is 5.73 Å². The summed E-state index contributed by atoms with van der Waals surface area (Å²) in [7, 11) is 0. The normalized spacial score (nSPS) is 12.6. The molecule has 96 valence electrons. The third-order valence-corrected chi connectivity index (χ3v) is 2.69. The second kappa shape index (κ2) is 6.00. The lowest BCUT2D eigenvalue weighted by Gasteiger charge is -2.12. The largest absolute Gasteiger partial charge is 0.383 e. The van der Waals surface area contributed by atoms with E-state index in [0.717, 1.165) is 23.3 Å². The Hall–Kier alpha value is -2.10. The highest BCUT2D eigenvalue weighted by atomic mass is 16.1. The molecule has 0 fully saturated rings. The Morgan fingerprint density at radius 3 is 2.78 bits per heavy atom. The molecule has 1 heterocycles. The van der Waals surface area contributed by atoms with E-state index < -0.39 is 0 Å². The van der Waals surface area contributed by atoms with Crippen molar-refractivity contribution in [3.8, 4) is 0 Å². The number of anilines is 1. The quantitative estimate of drug-likeness (QED) is 0.829. The van der Waals surface area contributed by atoms with Gasteiger partial charge in [0.05, 0.1) is 5.70 Å². The average Bonchev–Trinajstić information content (AvgIpc) is 2.35. The van der Waals surface area contributed by atoms with Crippen LogP contribution < -0.4 is 11.4 Å². The highest BCUT2D eigenvalue weighted by Gasteiger charge is 2.07. The molecule has 18 heavy (non-hydrogen) atoms. The SMILES string of the molecule is C=C(CC)/C(=C\C(C)=C/C)n1ccc(N)nc1=O. The molecule has 0 saturated carbocycles. The zero-order valence-electron chi connectivity index (χ0n) is 11.1. The van der Waals surface area contributed by atoms with Gasteiger partial charge in [-0.1, -0.05) is 25.2 Å². The molecule has 0 atom stereocenters. The Kier molecular flexibility index (Phi) is 4.66. The van der Waals surface area contributed by atoms with Crippen LogP contribution in [0.25, 0.3) is 5.70 Å². The first-order valence-corrected chi connectivity index (χ1v) is 5.88. The van der Waals surface area contributed by atoms with Crippen molar-refractivity contribution < 1.29 is 0 Å². The van der Waals surface area contributed by atoms with Gasteiger partial charge in [0, 0.05) is 6.20 Å². The third-order valence-electron chi connectivity index (χ3n) is 2.69. The van der Waals surface area contributed by atoms with Gasteiger partial charge in [-0.25, -0.2) is 4.79 Å². The Balaban J connectivity index is 3.40. The van der Waals surface area contributed by atoms with Crippen LogP contribution in [0.1, 0.15) is 27.2 Å². The highest BCUT2D eigenvalue weighted by molar-refractivity contribution is 5.66. The van der Waals surface area contributed by atoms with E-state index in [0.29, 0.717) is 0 Å². The first-order valence-electron chi connectivity index (χ1n) is 5.88. The van der Waals surface area contributed by atoms with E-state index >= 15 is 0 Å². The summed E-state index contributed by atoms with van der Waals surface area (Å²) in [5, 5.41) is 0. The Morgan fingerprint density at radius 2 is 2.28 bits per heavy atom. The molecule has 0 aliphatic heterocycles. The Morgan fingerprint density at radius 1 is 1.61 bits per heavy atom. The van der Waals surface area contributed by atoms with Crippen molar-refractivity contribution in [1.82, 2.24) is 9.55 Å². The molecule has 1 rings (SSSR count). The lowest BCUT2D eigenvalue weighted by molar-refractivity contribution is 0.923. The summed E-state index contributed by atoms with van der Waals surface area (Å²) in [5.41, 5.74) is 7.79. The molecule has 0 spiro atoms. The molecule has 2 N–H and O–H groups in total. The minimum Gasteiger partial charge on any atom is -0.383 e. The van der Waals surface area contributed by atoms with Crippen LogP contribution in [0.3, 0.4) is 0 Å². The van der Waals surface area contributed by atoms with Gasteiger partial charge in [0.2, 0.25) is 0 Å². The van der Waals surface area contributed by atoms with E-state index in [9.17, 15) is 4.79 Å². The van der Waals surface area contributed by atoms with Crippen molar-refractivity contribution in [1.29, 1.82) is 0 Å². The van der Waals surface area contributed by atoms with Crippen LogP contribution in [0.15, 0.2) is 46.9 Å². The zero-order chi connectivity index (χ0) is 13.7. The van der Waals surface area contributed by atoms with Crippen LogP contribution in [-0.2, 0) is 0 Å². The molecule has 0 unspecified atom stereocenters. The summed E-state index contributed by atoms with van der Waals surface area (Å²) < 4.78 is 1.47. The number of nitrogen functional groups attached to an aromatic ring is 1. The van der Waals surface area contributed by atoms with Gasteiger partial charge in [-0.15, -0.1) is 0 Å². The predicted octanol–water partition coefficient (Wildman–Crippen LogP) is 2.60. The summed E-state index contributed by atoms with van der Waals surface area (Å²) >= 11 is 0. The van der Waals surface area contributed by atoms with Gasteiger partial charge in [-0.05, 0) is 38.0 Å². The van der Waals surface area contributed by atoms with Crippen LogP contribution in [0.4, 0.5) is 5.82 Å². The minimum absolute atomic E-state index is 0.223. The number of rotatable bonds is 4. The lowest BCUT2D eigenvalue weighted by atomic mass is 10.1. The summed E-state index contributed by atoms with van der Waals surface area (Å²) in [6, 6.07) is 1.60. The van der Waals surface area contributed by atoms with Crippen molar-refractivity contribution in [3.63, 3.8) is 0 Å². The van der Waals surface area contributed by atoms with Crippen LogP contribution in [-0.4, -0.2) is 9.55 Å². The standard InChI is InChI=1S/C14H19N3O/c1-5-10(3)9-12(11(4)6-2)17-8-7-13(15)16-14(17)18/h5,7-9H,4,6H2,1-3H3,(H2,15,16,18)/b10-5-,12-9+. The highest BCUT2D eigenvalue weighted by Crippen LogP contribution is 2.18. The fourth-order valence-corrected chi connectivity index (χ4v) is 1.42. The average molecular weight is 245 g/mol. The molecular weight excluding hydrogens is 226 g/mol. The fourth-order valence-electron chi connectivity index (χ4n) is 1.42. The number of hydrogen-bond acceptors (Lipinski definition) is 3. The maximum atomic E-state index is 11.8. The molecular formula is C14H19N3O. The van der Waals surface area contributed by atoms with Gasteiger partial charge in [-0.2, -0.15) is 4.98 Å². The Labute approximate surface area is 107 Å². The second-order valence-corrected chi connectivity index (χ2v) is 4.02. The van der Waals surface area contributed by atoms with E-state index in [1.165, 1.54) is 4.57 Å². The van der Waals surface area contributed by atoms with Crippen LogP contribution >= 0.6 is 0 Å². The van der Waals surface area contributed by atoms with Gasteiger partial charge in [-0.3, -0.25) is 4.57 Å². The summed E-state index contributed by atoms with van der Waals surface area (Å²) in [4.78, 5) is 15.6. The summed E-state index contributed by atoms with van der Waals surface area (Å²) in [6.45, 7) is 9.90. The first-order chi connectivity index (χ1) is 8.49. The number of aromatic nitrogens is 2. The van der Waals surface area contributed by atoms with Gasteiger partial charge >= 0.3 is 5.69 Å². The number of nitrogens with two attached hydrogens (primary N) is 1. The number of allylic oxidation sites excluding steroid dienone is 5. The van der Waals surface area contributed by atoms with E-state index in [1.807, 2.05) is 32.9 Å². The molecule has 0 aliphatic carbocycles. The third kappa shape index (κ3) is 3.20. The van der Waals surface area contributed by atoms with E-state index in [2.05, 4.69) is 11.6 Å².